The number of carbonyl (C=O) groups excluding carboxylic acids is 1. The minimum absolute atomic E-state index is 0.0546. The second kappa shape index (κ2) is 3.59. The van der Waals surface area contributed by atoms with Crippen LogP contribution < -0.4 is 0 Å². The molecule has 6 heteroatoms. The highest BCUT2D eigenvalue weighted by Gasteiger charge is 2.39. The lowest BCUT2D eigenvalue weighted by molar-refractivity contribution is -0.137. The van der Waals surface area contributed by atoms with Crippen molar-refractivity contribution in [1.82, 2.24) is 0 Å². The third-order valence-electron chi connectivity index (χ3n) is 2.21. The zero-order valence-electron chi connectivity index (χ0n) is 7.40. The van der Waals surface area contributed by atoms with Crippen LogP contribution in [0.15, 0.2) is 9.85 Å². The molecule has 0 saturated heterocycles. The number of carbonyl (C=O) groups is 1. The third kappa shape index (κ3) is 2.10. The molecule has 0 unspecified atom stereocenters. The van der Waals surface area contributed by atoms with E-state index in [9.17, 15) is 18.0 Å². The van der Waals surface area contributed by atoms with Crippen LogP contribution in [0.4, 0.5) is 13.2 Å². The van der Waals surface area contributed by atoms with Gasteiger partial charge in [-0.2, -0.15) is 13.2 Å². The van der Waals surface area contributed by atoms with Crippen LogP contribution in [0, 0.1) is 5.92 Å². The molecular formula is C9H6BrF3OS. The summed E-state index contributed by atoms with van der Waals surface area (Å²) in [6, 6.07) is 0. The van der Waals surface area contributed by atoms with E-state index in [4.69, 9.17) is 0 Å². The Bertz CT molecular complexity index is 406. The Hall–Kier alpha value is -0.360. The molecule has 1 nitrogen and oxygen atoms in total. The van der Waals surface area contributed by atoms with Crippen LogP contribution in [0.3, 0.4) is 0 Å². The Morgan fingerprint density at radius 3 is 2.47 bits per heavy atom. The minimum atomic E-state index is -4.39. The van der Waals surface area contributed by atoms with Crippen molar-refractivity contribution in [3.63, 3.8) is 0 Å². The number of halogens is 4. The predicted molar refractivity (Wildman–Crippen MR) is 54.1 cm³/mol. The minimum Gasteiger partial charge on any atom is -0.293 e. The predicted octanol–water partition coefficient (Wildman–Crippen LogP) is 4.12. The third-order valence-corrected chi connectivity index (χ3v) is 4.29. The van der Waals surface area contributed by atoms with Crippen molar-refractivity contribution in [1.29, 1.82) is 0 Å². The Morgan fingerprint density at radius 2 is 2.07 bits per heavy atom. The molecule has 1 heterocycles. The van der Waals surface area contributed by atoms with Crippen molar-refractivity contribution in [2.75, 3.05) is 0 Å². The van der Waals surface area contributed by atoms with Crippen LogP contribution in [0.5, 0.6) is 0 Å². The summed E-state index contributed by atoms with van der Waals surface area (Å²) in [6.45, 7) is 0. The number of thiophene rings is 1. The van der Waals surface area contributed by atoms with Gasteiger partial charge in [0.1, 0.15) is 0 Å². The maximum absolute atomic E-state index is 12.4. The Balaban J connectivity index is 2.35. The number of alkyl halides is 3. The average Bonchev–Trinajstić information content (AvgIpc) is 2.87. The maximum atomic E-state index is 12.4. The van der Waals surface area contributed by atoms with Crippen LogP contribution in [0.1, 0.15) is 28.1 Å². The first-order chi connectivity index (χ1) is 6.91. The molecule has 0 spiro atoms. The number of rotatable bonds is 2. The SMILES string of the molecule is O=C(c1scc(C(F)(F)F)c1Br)C1CC1. The summed E-state index contributed by atoms with van der Waals surface area (Å²) in [5.41, 5.74) is -0.753. The van der Waals surface area contributed by atoms with Crippen molar-refractivity contribution in [2.45, 2.75) is 19.0 Å². The second-order valence-corrected chi connectivity index (χ2v) is 5.10. The van der Waals surface area contributed by atoms with Crippen molar-refractivity contribution in [3.8, 4) is 0 Å². The first-order valence-corrected chi connectivity index (χ1v) is 5.97. The van der Waals surface area contributed by atoms with E-state index in [1.54, 1.807) is 0 Å². The summed E-state index contributed by atoms with van der Waals surface area (Å²) in [4.78, 5) is 11.8. The Morgan fingerprint density at radius 1 is 1.47 bits per heavy atom. The molecule has 82 valence electrons. The zero-order chi connectivity index (χ0) is 11.2. The van der Waals surface area contributed by atoms with Crippen molar-refractivity contribution >= 4 is 33.0 Å². The van der Waals surface area contributed by atoms with Crippen molar-refractivity contribution in [3.05, 3.63) is 20.3 Å². The van der Waals surface area contributed by atoms with E-state index < -0.39 is 11.7 Å². The van der Waals surface area contributed by atoms with Gasteiger partial charge in [-0.15, -0.1) is 11.3 Å². The summed E-state index contributed by atoms with van der Waals surface area (Å²) < 4.78 is 37.1. The molecule has 1 aromatic rings. The molecule has 0 atom stereocenters. The quantitative estimate of drug-likeness (QED) is 0.751. The van der Waals surface area contributed by atoms with Gasteiger partial charge in [0.2, 0.25) is 0 Å². The molecule has 15 heavy (non-hydrogen) atoms. The van der Waals surface area contributed by atoms with Crippen LogP contribution in [-0.2, 0) is 6.18 Å². The number of hydrogen-bond donors (Lipinski definition) is 0. The normalized spacial score (nSPS) is 16.8. The number of Topliss-reactive ketones (excluding diaryl/α,β-unsaturated/α-hetero) is 1. The summed E-state index contributed by atoms with van der Waals surface area (Å²) in [6.07, 6.45) is -2.80. The molecule has 0 amide bonds. The van der Waals surface area contributed by atoms with E-state index in [-0.39, 0.29) is 21.1 Å². The lowest BCUT2D eigenvalue weighted by Crippen LogP contribution is -2.05. The van der Waals surface area contributed by atoms with E-state index in [0.29, 0.717) is 0 Å². The van der Waals surface area contributed by atoms with E-state index in [0.717, 1.165) is 29.6 Å². The fourth-order valence-corrected chi connectivity index (χ4v) is 3.18. The van der Waals surface area contributed by atoms with E-state index in [1.165, 1.54) is 0 Å². The van der Waals surface area contributed by atoms with E-state index in [1.807, 2.05) is 0 Å². The lowest BCUT2D eigenvalue weighted by Gasteiger charge is -2.04. The molecule has 2 rings (SSSR count). The molecule has 1 aromatic heterocycles. The second-order valence-electron chi connectivity index (χ2n) is 3.43. The molecule has 1 aliphatic carbocycles. The van der Waals surface area contributed by atoms with Crippen molar-refractivity contribution in [2.24, 2.45) is 5.92 Å². The molecule has 1 saturated carbocycles. The molecule has 1 aliphatic rings. The van der Waals surface area contributed by atoms with Gasteiger partial charge in [0.05, 0.1) is 14.9 Å². The van der Waals surface area contributed by atoms with Crippen molar-refractivity contribution < 1.29 is 18.0 Å². The van der Waals surface area contributed by atoms with Crippen LogP contribution in [0.2, 0.25) is 0 Å². The topological polar surface area (TPSA) is 17.1 Å². The molecule has 0 aliphatic heterocycles. The number of hydrogen-bond acceptors (Lipinski definition) is 2. The highest BCUT2D eigenvalue weighted by atomic mass is 79.9. The van der Waals surface area contributed by atoms with Gasteiger partial charge in [-0.3, -0.25) is 4.79 Å². The van der Waals surface area contributed by atoms with Crippen LogP contribution in [0.25, 0.3) is 0 Å². The van der Waals surface area contributed by atoms with Gasteiger partial charge in [-0.1, -0.05) is 0 Å². The van der Waals surface area contributed by atoms with E-state index >= 15 is 0 Å². The monoisotopic (exact) mass is 298 g/mol. The van der Waals surface area contributed by atoms with Gasteiger partial charge in [-0.25, -0.2) is 0 Å². The van der Waals surface area contributed by atoms with E-state index in [2.05, 4.69) is 15.9 Å². The fraction of sp³-hybridized carbons (Fsp3) is 0.444. The fourth-order valence-electron chi connectivity index (χ4n) is 1.23. The van der Waals surface area contributed by atoms with Gasteiger partial charge in [-0.05, 0) is 28.8 Å². The summed E-state index contributed by atoms with van der Waals surface area (Å²) in [5.74, 6) is -0.219. The Kier molecular flexibility index (Phi) is 2.66. The first-order valence-electron chi connectivity index (χ1n) is 4.29. The van der Waals surface area contributed by atoms with Crippen LogP contribution >= 0.6 is 27.3 Å². The molecule has 0 bridgehead atoms. The van der Waals surface area contributed by atoms with Gasteiger partial charge >= 0.3 is 6.18 Å². The highest BCUT2D eigenvalue weighted by Crippen LogP contribution is 2.43. The molecule has 0 radical (unpaired) electrons. The lowest BCUT2D eigenvalue weighted by atomic mass is 10.2. The summed E-state index contributed by atoms with van der Waals surface area (Å²) in [7, 11) is 0. The molecule has 1 fully saturated rings. The van der Waals surface area contributed by atoms with Gasteiger partial charge < -0.3 is 0 Å². The smallest absolute Gasteiger partial charge is 0.293 e. The van der Waals surface area contributed by atoms with Crippen LogP contribution in [-0.4, -0.2) is 5.78 Å². The first kappa shape index (κ1) is 11.1. The molecular weight excluding hydrogens is 293 g/mol. The van der Waals surface area contributed by atoms with Gasteiger partial charge in [0, 0.05) is 11.3 Å². The summed E-state index contributed by atoms with van der Waals surface area (Å²) in [5, 5.41) is 0.986. The largest absolute Gasteiger partial charge is 0.418 e. The molecule has 0 N–H and O–H groups in total. The zero-order valence-corrected chi connectivity index (χ0v) is 9.80. The standard InChI is InChI=1S/C9H6BrF3OS/c10-6-5(9(11,12)13)3-15-8(6)7(14)4-1-2-4/h3-4H,1-2H2. The summed E-state index contributed by atoms with van der Waals surface area (Å²) >= 11 is 3.72. The van der Waals surface area contributed by atoms with Gasteiger partial charge in [0.25, 0.3) is 0 Å². The maximum Gasteiger partial charge on any atom is 0.418 e. The number of ketones is 1. The highest BCUT2D eigenvalue weighted by molar-refractivity contribution is 9.10. The molecule has 0 aromatic carbocycles. The average molecular weight is 299 g/mol. The van der Waals surface area contributed by atoms with Gasteiger partial charge in [0.15, 0.2) is 5.78 Å². The Labute approximate surface area is 96.4 Å².